The van der Waals surface area contributed by atoms with E-state index < -0.39 is 6.04 Å². The Morgan fingerprint density at radius 2 is 1.83 bits per heavy atom. The number of hydrogen-bond acceptors (Lipinski definition) is 5. The fourth-order valence-electron chi connectivity index (χ4n) is 4.15. The molecular formula is C28H32N4O4. The van der Waals surface area contributed by atoms with Crippen LogP contribution in [0.3, 0.4) is 0 Å². The van der Waals surface area contributed by atoms with Gasteiger partial charge in [-0.05, 0) is 74.7 Å². The number of aromatic nitrogens is 1. The molecule has 1 aromatic heterocycles. The van der Waals surface area contributed by atoms with Crippen molar-refractivity contribution in [3.63, 3.8) is 0 Å². The van der Waals surface area contributed by atoms with E-state index in [2.05, 4.69) is 15.6 Å². The Morgan fingerprint density at radius 1 is 1.08 bits per heavy atom. The smallest absolute Gasteiger partial charge is 0.246 e. The number of fused-ring (bicyclic) bond motifs is 1. The second kappa shape index (κ2) is 12.5. The molecule has 8 nitrogen and oxygen atoms in total. The molecule has 2 amide bonds. The summed E-state index contributed by atoms with van der Waals surface area (Å²) in [5, 5.41) is 15.6. The van der Waals surface area contributed by atoms with Crippen LogP contribution in [0.4, 0.5) is 5.69 Å². The summed E-state index contributed by atoms with van der Waals surface area (Å²) in [5.74, 6) is 0.264. The van der Waals surface area contributed by atoms with Gasteiger partial charge in [0.25, 0.3) is 0 Å². The summed E-state index contributed by atoms with van der Waals surface area (Å²) in [6.07, 6.45) is 3.32. The molecule has 2 aromatic carbocycles. The molecular weight excluding hydrogens is 456 g/mol. The van der Waals surface area contributed by atoms with Gasteiger partial charge in [0, 0.05) is 28.7 Å². The summed E-state index contributed by atoms with van der Waals surface area (Å²) in [6.45, 7) is 3.48. The highest BCUT2D eigenvalue weighted by molar-refractivity contribution is 5.98. The van der Waals surface area contributed by atoms with Crippen LogP contribution in [0.2, 0.25) is 0 Å². The van der Waals surface area contributed by atoms with E-state index >= 15 is 0 Å². The van der Waals surface area contributed by atoms with E-state index in [9.17, 15) is 14.4 Å². The van der Waals surface area contributed by atoms with Gasteiger partial charge in [-0.2, -0.15) is 5.26 Å². The number of carbonyl (C=O) groups is 3. The summed E-state index contributed by atoms with van der Waals surface area (Å²) in [5.41, 5.74) is 3.70. The van der Waals surface area contributed by atoms with Crippen LogP contribution in [0.5, 0.6) is 5.75 Å². The van der Waals surface area contributed by atoms with Crippen LogP contribution in [0, 0.1) is 18.3 Å². The first-order valence-electron chi connectivity index (χ1n) is 12.1. The lowest BCUT2D eigenvalue weighted by molar-refractivity contribution is -0.126. The van der Waals surface area contributed by atoms with Gasteiger partial charge < -0.3 is 25.1 Å². The van der Waals surface area contributed by atoms with Gasteiger partial charge in [0.05, 0.1) is 25.2 Å². The zero-order chi connectivity index (χ0) is 26.1. The Hall–Kier alpha value is -4.12. The minimum absolute atomic E-state index is 0.115. The molecule has 1 heterocycles. The summed E-state index contributed by atoms with van der Waals surface area (Å²) in [7, 11) is 1.60. The number of methoxy groups -OCH3 is 1. The van der Waals surface area contributed by atoms with Crippen molar-refractivity contribution in [2.75, 3.05) is 12.4 Å². The van der Waals surface area contributed by atoms with E-state index in [1.807, 2.05) is 31.2 Å². The SMILES string of the molecule is COc1ccc2[nH]c(C)c(CC(=O)NC(CCCCCC(C)=O)C(=O)Nc3ccc(C#N)cc3)c2c1. The first-order valence-corrected chi connectivity index (χ1v) is 12.1. The van der Waals surface area contributed by atoms with Crippen molar-refractivity contribution in [2.24, 2.45) is 0 Å². The van der Waals surface area contributed by atoms with Crippen molar-refractivity contribution in [1.82, 2.24) is 10.3 Å². The van der Waals surface area contributed by atoms with Crippen molar-refractivity contribution >= 4 is 34.2 Å². The highest BCUT2D eigenvalue weighted by atomic mass is 16.5. The molecule has 0 bridgehead atoms. The van der Waals surface area contributed by atoms with E-state index in [4.69, 9.17) is 10.00 Å². The number of ketones is 1. The van der Waals surface area contributed by atoms with Crippen molar-refractivity contribution in [3.8, 4) is 11.8 Å². The number of nitriles is 1. The maximum absolute atomic E-state index is 13.1. The van der Waals surface area contributed by atoms with Gasteiger partial charge in [-0.25, -0.2) is 0 Å². The van der Waals surface area contributed by atoms with Gasteiger partial charge in [-0.3, -0.25) is 9.59 Å². The number of nitrogens with one attached hydrogen (secondary N) is 3. The molecule has 3 aromatic rings. The first-order chi connectivity index (χ1) is 17.3. The summed E-state index contributed by atoms with van der Waals surface area (Å²) in [4.78, 5) is 40.6. The quantitative estimate of drug-likeness (QED) is 0.322. The molecule has 0 aliphatic rings. The number of aryl methyl sites for hydroxylation is 1. The molecule has 0 saturated heterocycles. The van der Waals surface area contributed by atoms with E-state index in [0.717, 1.165) is 35.0 Å². The van der Waals surface area contributed by atoms with Crippen LogP contribution in [-0.2, 0) is 20.8 Å². The third kappa shape index (κ3) is 7.19. The highest BCUT2D eigenvalue weighted by Gasteiger charge is 2.22. The van der Waals surface area contributed by atoms with Crippen molar-refractivity contribution < 1.29 is 19.1 Å². The van der Waals surface area contributed by atoms with Crippen LogP contribution in [0.1, 0.15) is 55.8 Å². The predicted molar refractivity (Wildman–Crippen MR) is 139 cm³/mol. The van der Waals surface area contributed by atoms with Crippen molar-refractivity contribution in [1.29, 1.82) is 5.26 Å². The number of ether oxygens (including phenoxy) is 1. The zero-order valence-corrected chi connectivity index (χ0v) is 20.9. The van der Waals surface area contributed by atoms with Crippen LogP contribution in [0.25, 0.3) is 10.9 Å². The van der Waals surface area contributed by atoms with Gasteiger partial charge in [0.15, 0.2) is 0 Å². The van der Waals surface area contributed by atoms with E-state index in [1.54, 1.807) is 38.3 Å². The number of benzene rings is 2. The van der Waals surface area contributed by atoms with Crippen LogP contribution >= 0.6 is 0 Å². The second-order valence-corrected chi connectivity index (χ2v) is 8.92. The lowest BCUT2D eigenvalue weighted by Crippen LogP contribution is -2.44. The molecule has 0 spiro atoms. The molecule has 188 valence electrons. The monoisotopic (exact) mass is 488 g/mol. The minimum Gasteiger partial charge on any atom is -0.497 e. The molecule has 0 saturated carbocycles. The largest absolute Gasteiger partial charge is 0.497 e. The molecule has 0 radical (unpaired) electrons. The molecule has 0 aliphatic heterocycles. The number of Topliss-reactive ketones (excluding diaryl/α,β-unsaturated/α-hetero) is 1. The number of nitrogens with zero attached hydrogens (tertiary/aromatic N) is 1. The molecule has 3 N–H and O–H groups in total. The summed E-state index contributed by atoms with van der Waals surface area (Å²) >= 11 is 0. The fraction of sp³-hybridized carbons (Fsp3) is 0.357. The number of carbonyl (C=O) groups excluding carboxylic acids is 3. The maximum atomic E-state index is 13.1. The average molecular weight is 489 g/mol. The van der Waals surface area contributed by atoms with Crippen LogP contribution in [-0.4, -0.2) is 35.7 Å². The van der Waals surface area contributed by atoms with Gasteiger partial charge in [0.1, 0.15) is 17.6 Å². The Morgan fingerprint density at radius 3 is 2.50 bits per heavy atom. The van der Waals surface area contributed by atoms with E-state index in [0.29, 0.717) is 36.3 Å². The van der Waals surface area contributed by atoms with E-state index in [1.165, 1.54) is 0 Å². The van der Waals surface area contributed by atoms with Crippen molar-refractivity contribution in [3.05, 3.63) is 59.3 Å². The Labute approximate surface area is 211 Å². The number of unbranched alkanes of at least 4 members (excludes halogenated alkanes) is 2. The molecule has 0 fully saturated rings. The fourth-order valence-corrected chi connectivity index (χ4v) is 4.15. The number of hydrogen-bond donors (Lipinski definition) is 3. The molecule has 3 rings (SSSR count). The Kier molecular flexibility index (Phi) is 9.23. The standard InChI is InChI=1S/C28H32N4O4/c1-18(33)7-5-4-6-8-26(28(35)31-21-11-9-20(17-29)10-12-21)32-27(34)16-23-19(2)30-25-14-13-22(36-3)15-24(23)25/h9-15,26,30H,4-8,16H2,1-3H3,(H,31,35)(H,32,34). The van der Waals surface area contributed by atoms with Gasteiger partial charge in [-0.15, -0.1) is 0 Å². The molecule has 1 unspecified atom stereocenters. The normalized spacial score (nSPS) is 11.5. The summed E-state index contributed by atoms with van der Waals surface area (Å²) in [6, 6.07) is 13.5. The first kappa shape index (κ1) is 26.5. The minimum atomic E-state index is -0.731. The predicted octanol–water partition coefficient (Wildman–Crippen LogP) is 4.56. The average Bonchev–Trinajstić information content (AvgIpc) is 3.17. The van der Waals surface area contributed by atoms with Crippen LogP contribution < -0.4 is 15.4 Å². The van der Waals surface area contributed by atoms with Gasteiger partial charge in [0.2, 0.25) is 11.8 Å². The third-order valence-corrected chi connectivity index (χ3v) is 6.12. The Bertz CT molecular complexity index is 1270. The number of rotatable bonds is 12. The number of anilines is 1. The molecule has 0 aliphatic carbocycles. The Balaban J connectivity index is 1.71. The number of amides is 2. The van der Waals surface area contributed by atoms with Gasteiger partial charge >= 0.3 is 0 Å². The maximum Gasteiger partial charge on any atom is 0.246 e. The van der Waals surface area contributed by atoms with Gasteiger partial charge in [-0.1, -0.05) is 12.8 Å². The number of H-pyrrole nitrogens is 1. The zero-order valence-electron chi connectivity index (χ0n) is 20.9. The van der Waals surface area contributed by atoms with E-state index in [-0.39, 0.29) is 24.0 Å². The van der Waals surface area contributed by atoms with Crippen LogP contribution in [0.15, 0.2) is 42.5 Å². The molecule has 1 atom stereocenters. The summed E-state index contributed by atoms with van der Waals surface area (Å²) < 4.78 is 5.33. The highest BCUT2D eigenvalue weighted by Crippen LogP contribution is 2.27. The third-order valence-electron chi connectivity index (χ3n) is 6.12. The number of aromatic amines is 1. The molecule has 8 heteroatoms. The lowest BCUT2D eigenvalue weighted by Gasteiger charge is -2.19. The second-order valence-electron chi connectivity index (χ2n) is 8.92. The van der Waals surface area contributed by atoms with Crippen molar-refractivity contribution in [2.45, 2.75) is 58.4 Å². The molecule has 36 heavy (non-hydrogen) atoms. The lowest BCUT2D eigenvalue weighted by atomic mass is 10.0. The topological polar surface area (TPSA) is 124 Å².